The van der Waals surface area contributed by atoms with Crippen LogP contribution in [0.25, 0.3) is 0 Å². The third kappa shape index (κ3) is 7.25. The lowest BCUT2D eigenvalue weighted by Gasteiger charge is -2.26. The normalized spacial score (nSPS) is 10.9. The van der Waals surface area contributed by atoms with Gasteiger partial charge in [-0.25, -0.2) is 4.79 Å². The second-order valence-electron chi connectivity index (χ2n) is 6.16. The van der Waals surface area contributed by atoms with Crippen LogP contribution in [0.1, 0.15) is 17.3 Å². The Morgan fingerprint density at radius 2 is 1.52 bits per heavy atom. The lowest BCUT2D eigenvalue weighted by molar-refractivity contribution is 0.101. The molecule has 128 valence electrons. The highest BCUT2D eigenvalue weighted by Crippen LogP contribution is 2.12. The quantitative estimate of drug-likeness (QED) is 0.743. The molecule has 0 fully saturated rings. The van der Waals surface area contributed by atoms with Gasteiger partial charge in [0.25, 0.3) is 0 Å². The van der Waals surface area contributed by atoms with Crippen molar-refractivity contribution < 1.29 is 9.59 Å². The van der Waals surface area contributed by atoms with Crippen LogP contribution < -0.4 is 5.32 Å². The average molecular weight is 320 g/mol. The van der Waals surface area contributed by atoms with Crippen LogP contribution in [-0.4, -0.2) is 80.9 Å². The molecule has 1 aromatic rings. The van der Waals surface area contributed by atoms with Crippen LogP contribution in [-0.2, 0) is 0 Å². The van der Waals surface area contributed by atoms with Gasteiger partial charge in [0.05, 0.1) is 0 Å². The molecule has 6 nitrogen and oxygen atoms in total. The minimum Gasteiger partial charge on any atom is -0.322 e. The van der Waals surface area contributed by atoms with E-state index in [9.17, 15) is 9.59 Å². The second-order valence-corrected chi connectivity index (χ2v) is 6.16. The fraction of sp³-hybridized carbons (Fsp3) is 0.529. The number of ketones is 1. The van der Waals surface area contributed by atoms with Gasteiger partial charge in [-0.2, -0.15) is 0 Å². The van der Waals surface area contributed by atoms with Gasteiger partial charge in [0.15, 0.2) is 5.78 Å². The summed E-state index contributed by atoms with van der Waals surface area (Å²) in [6, 6.07) is 6.87. The lowest BCUT2D eigenvalue weighted by Crippen LogP contribution is -2.42. The highest BCUT2D eigenvalue weighted by Gasteiger charge is 2.14. The number of rotatable bonds is 8. The maximum Gasteiger partial charge on any atom is 0.321 e. The van der Waals surface area contributed by atoms with E-state index in [0.29, 0.717) is 24.3 Å². The number of amides is 2. The Hall–Kier alpha value is -1.92. The first-order valence-electron chi connectivity index (χ1n) is 7.76. The molecule has 1 aromatic carbocycles. The Balaban J connectivity index is 2.74. The summed E-state index contributed by atoms with van der Waals surface area (Å²) >= 11 is 0. The molecule has 1 rings (SSSR count). The minimum absolute atomic E-state index is 0.0156. The third-order valence-electron chi connectivity index (χ3n) is 3.44. The van der Waals surface area contributed by atoms with E-state index in [0.717, 1.165) is 13.1 Å². The van der Waals surface area contributed by atoms with E-state index in [1.807, 2.05) is 38.0 Å². The Bertz CT molecular complexity index is 517. The molecule has 0 aliphatic rings. The van der Waals surface area contributed by atoms with Crippen molar-refractivity contribution in [1.82, 2.24) is 14.7 Å². The SMILES string of the molecule is CC(=O)c1cccc(NC(=O)N(CCN(C)C)CCN(C)C)c1. The van der Waals surface area contributed by atoms with Gasteiger partial charge in [-0.3, -0.25) is 4.79 Å². The number of anilines is 1. The van der Waals surface area contributed by atoms with Crippen molar-refractivity contribution in [3.63, 3.8) is 0 Å². The predicted octanol–water partition coefficient (Wildman–Crippen LogP) is 1.85. The lowest BCUT2D eigenvalue weighted by atomic mass is 10.1. The van der Waals surface area contributed by atoms with E-state index < -0.39 is 0 Å². The zero-order valence-electron chi connectivity index (χ0n) is 14.8. The predicted molar refractivity (Wildman–Crippen MR) is 94.1 cm³/mol. The number of Topliss-reactive ketones (excluding diaryl/α,β-unsaturated/α-hetero) is 1. The molecule has 2 amide bonds. The number of nitrogens with zero attached hydrogens (tertiary/aromatic N) is 3. The summed E-state index contributed by atoms with van der Waals surface area (Å²) in [5.41, 5.74) is 1.23. The van der Waals surface area contributed by atoms with Crippen molar-refractivity contribution in [3.8, 4) is 0 Å². The maximum absolute atomic E-state index is 12.5. The Morgan fingerprint density at radius 3 is 2.00 bits per heavy atom. The molecule has 0 aliphatic heterocycles. The first kappa shape index (κ1) is 19.1. The Morgan fingerprint density at radius 1 is 0.957 bits per heavy atom. The van der Waals surface area contributed by atoms with Gasteiger partial charge in [0.1, 0.15) is 0 Å². The number of likely N-dealkylation sites (N-methyl/N-ethyl adjacent to an activating group) is 2. The zero-order valence-corrected chi connectivity index (χ0v) is 14.8. The topological polar surface area (TPSA) is 55.9 Å². The van der Waals surface area contributed by atoms with Gasteiger partial charge in [-0.1, -0.05) is 12.1 Å². The molecule has 1 N–H and O–H groups in total. The van der Waals surface area contributed by atoms with Crippen LogP contribution in [0, 0.1) is 0 Å². The molecule has 0 aliphatic carbocycles. The number of hydrogen-bond acceptors (Lipinski definition) is 4. The summed E-state index contributed by atoms with van der Waals surface area (Å²) in [6.45, 7) is 4.42. The first-order valence-corrected chi connectivity index (χ1v) is 7.76. The van der Waals surface area contributed by atoms with Gasteiger partial charge in [0, 0.05) is 37.4 Å². The smallest absolute Gasteiger partial charge is 0.321 e. The van der Waals surface area contributed by atoms with E-state index in [-0.39, 0.29) is 11.8 Å². The molecule has 0 unspecified atom stereocenters. The summed E-state index contributed by atoms with van der Waals surface area (Å²) in [4.78, 5) is 29.8. The van der Waals surface area contributed by atoms with E-state index in [2.05, 4.69) is 5.32 Å². The number of benzene rings is 1. The molecule has 0 aromatic heterocycles. The van der Waals surface area contributed by atoms with E-state index in [1.165, 1.54) is 6.92 Å². The summed E-state index contributed by atoms with van der Waals surface area (Å²) in [7, 11) is 7.94. The summed E-state index contributed by atoms with van der Waals surface area (Å²) in [6.07, 6.45) is 0. The largest absolute Gasteiger partial charge is 0.322 e. The molecule has 6 heteroatoms. The van der Waals surface area contributed by atoms with Crippen LogP contribution in [0.2, 0.25) is 0 Å². The number of carbonyl (C=O) groups is 2. The number of hydrogen-bond donors (Lipinski definition) is 1. The fourth-order valence-electron chi connectivity index (χ4n) is 1.97. The molecular formula is C17H28N4O2. The van der Waals surface area contributed by atoms with Gasteiger partial charge in [-0.15, -0.1) is 0 Å². The molecule has 0 atom stereocenters. The maximum atomic E-state index is 12.5. The van der Waals surface area contributed by atoms with E-state index in [4.69, 9.17) is 0 Å². The van der Waals surface area contributed by atoms with Crippen LogP contribution in [0.15, 0.2) is 24.3 Å². The summed E-state index contributed by atoms with van der Waals surface area (Å²) in [5, 5.41) is 2.88. The molecule has 0 heterocycles. The van der Waals surface area contributed by atoms with Crippen molar-refractivity contribution in [2.75, 3.05) is 59.7 Å². The van der Waals surface area contributed by atoms with Crippen LogP contribution in [0.5, 0.6) is 0 Å². The van der Waals surface area contributed by atoms with Crippen molar-refractivity contribution in [2.24, 2.45) is 0 Å². The fourth-order valence-corrected chi connectivity index (χ4v) is 1.97. The molecule has 0 radical (unpaired) electrons. The van der Waals surface area contributed by atoms with Crippen molar-refractivity contribution in [2.45, 2.75) is 6.92 Å². The zero-order chi connectivity index (χ0) is 17.4. The monoisotopic (exact) mass is 320 g/mol. The second kappa shape index (κ2) is 9.27. The number of carbonyl (C=O) groups excluding carboxylic acids is 2. The van der Waals surface area contributed by atoms with Crippen LogP contribution >= 0.6 is 0 Å². The molecule has 0 spiro atoms. The Labute approximate surface area is 139 Å². The van der Waals surface area contributed by atoms with Crippen molar-refractivity contribution in [1.29, 1.82) is 0 Å². The first-order chi connectivity index (χ1) is 10.8. The third-order valence-corrected chi connectivity index (χ3v) is 3.44. The van der Waals surface area contributed by atoms with Crippen molar-refractivity contribution >= 4 is 17.5 Å². The minimum atomic E-state index is -0.144. The van der Waals surface area contributed by atoms with Crippen LogP contribution in [0.3, 0.4) is 0 Å². The molecule has 23 heavy (non-hydrogen) atoms. The van der Waals surface area contributed by atoms with E-state index >= 15 is 0 Å². The number of nitrogens with one attached hydrogen (secondary N) is 1. The molecule has 0 saturated carbocycles. The summed E-state index contributed by atoms with van der Waals surface area (Å²) in [5.74, 6) is -0.0156. The van der Waals surface area contributed by atoms with Gasteiger partial charge >= 0.3 is 6.03 Å². The summed E-state index contributed by atoms with van der Waals surface area (Å²) < 4.78 is 0. The van der Waals surface area contributed by atoms with Crippen LogP contribution in [0.4, 0.5) is 10.5 Å². The molecule has 0 bridgehead atoms. The van der Waals surface area contributed by atoms with Crippen molar-refractivity contribution in [3.05, 3.63) is 29.8 Å². The molecule has 0 saturated heterocycles. The Kier molecular flexibility index (Phi) is 7.71. The van der Waals surface area contributed by atoms with Gasteiger partial charge in [0.2, 0.25) is 0 Å². The van der Waals surface area contributed by atoms with Gasteiger partial charge < -0.3 is 20.0 Å². The standard InChI is InChI=1S/C17H28N4O2/c1-14(22)15-7-6-8-16(13-15)18-17(23)21(11-9-19(2)3)12-10-20(4)5/h6-8,13H,9-12H2,1-5H3,(H,18,23). The number of urea groups is 1. The highest BCUT2D eigenvalue weighted by atomic mass is 16.2. The highest BCUT2D eigenvalue weighted by molar-refractivity contribution is 5.96. The average Bonchev–Trinajstić information content (AvgIpc) is 2.46. The van der Waals surface area contributed by atoms with E-state index in [1.54, 1.807) is 29.2 Å². The molecular weight excluding hydrogens is 292 g/mol. The van der Waals surface area contributed by atoms with Gasteiger partial charge in [-0.05, 0) is 47.2 Å².